The van der Waals surface area contributed by atoms with E-state index in [1.165, 1.54) is 20.5 Å². The number of nitrogens with zero attached hydrogens (tertiary/aromatic N) is 1. The molecular weight excluding hydrogens is 356 g/mol. The summed E-state index contributed by atoms with van der Waals surface area (Å²) in [7, 11) is 0. The molecular formula is C19H17ClN2O2S. The van der Waals surface area contributed by atoms with E-state index in [0.29, 0.717) is 17.5 Å². The van der Waals surface area contributed by atoms with Crippen LogP contribution in [0, 0.1) is 0 Å². The Labute approximate surface area is 155 Å². The predicted molar refractivity (Wildman–Crippen MR) is 103 cm³/mol. The molecule has 1 aliphatic heterocycles. The number of benzene rings is 2. The van der Waals surface area contributed by atoms with Crippen molar-refractivity contribution in [2.24, 2.45) is 5.73 Å². The quantitative estimate of drug-likeness (QED) is 0.713. The van der Waals surface area contributed by atoms with Crippen LogP contribution < -0.4 is 5.73 Å². The van der Waals surface area contributed by atoms with E-state index in [9.17, 15) is 9.59 Å². The van der Waals surface area contributed by atoms with E-state index in [0.717, 1.165) is 0 Å². The summed E-state index contributed by atoms with van der Waals surface area (Å²) in [5, 5.41) is 3.30. The summed E-state index contributed by atoms with van der Waals surface area (Å²) in [6, 6.07) is 14.8. The Morgan fingerprint density at radius 2 is 1.56 bits per heavy atom. The van der Waals surface area contributed by atoms with Gasteiger partial charge in [0.15, 0.2) is 0 Å². The topological polar surface area (TPSA) is 63.4 Å². The van der Waals surface area contributed by atoms with Gasteiger partial charge in [-0.1, -0.05) is 30.3 Å². The zero-order chi connectivity index (χ0) is 16.7. The number of imide groups is 1. The van der Waals surface area contributed by atoms with Gasteiger partial charge >= 0.3 is 0 Å². The van der Waals surface area contributed by atoms with Gasteiger partial charge in [0, 0.05) is 17.3 Å². The summed E-state index contributed by atoms with van der Waals surface area (Å²) >= 11 is 1.69. The number of hydrogen-bond acceptors (Lipinski definition) is 4. The lowest BCUT2D eigenvalue weighted by atomic mass is 10.1. The molecule has 0 spiro atoms. The minimum Gasteiger partial charge on any atom is -0.326 e. The standard InChI is InChI=1S/C19H16N2O2S.ClH/c20-13(9-12-11-24-17-8-4-3-5-14(12)17)10-21-18(22)15-6-1-2-7-16(15)19(21)23;/h1-8,11,13H,9-10,20H2;1H/t13-;/m0./s1. The zero-order valence-electron chi connectivity index (χ0n) is 13.3. The van der Waals surface area contributed by atoms with Crippen molar-refractivity contribution < 1.29 is 9.59 Å². The SMILES string of the molecule is Cl.N[C@@H](Cc1csc2ccccc12)CN1C(=O)c2ccccc2C1=O. The van der Waals surface area contributed by atoms with Crippen LogP contribution in [0.4, 0.5) is 0 Å². The average Bonchev–Trinajstić information content (AvgIpc) is 3.11. The maximum absolute atomic E-state index is 12.4. The van der Waals surface area contributed by atoms with E-state index < -0.39 is 0 Å². The summed E-state index contributed by atoms with van der Waals surface area (Å²) < 4.78 is 1.22. The molecule has 2 heterocycles. The lowest BCUT2D eigenvalue weighted by molar-refractivity contribution is 0.0644. The molecule has 6 heteroatoms. The van der Waals surface area contributed by atoms with Gasteiger partial charge in [-0.25, -0.2) is 0 Å². The number of amides is 2. The van der Waals surface area contributed by atoms with Crippen LogP contribution in [0.15, 0.2) is 53.9 Å². The highest BCUT2D eigenvalue weighted by molar-refractivity contribution is 7.17. The molecule has 1 aromatic heterocycles. The van der Waals surface area contributed by atoms with Crippen molar-refractivity contribution in [3.63, 3.8) is 0 Å². The van der Waals surface area contributed by atoms with Gasteiger partial charge in [-0.2, -0.15) is 0 Å². The van der Waals surface area contributed by atoms with Crippen molar-refractivity contribution in [3.05, 3.63) is 70.6 Å². The Morgan fingerprint density at radius 1 is 0.960 bits per heavy atom. The number of thiophene rings is 1. The van der Waals surface area contributed by atoms with Gasteiger partial charge in [-0.15, -0.1) is 23.7 Å². The van der Waals surface area contributed by atoms with Crippen molar-refractivity contribution in [1.29, 1.82) is 0 Å². The van der Waals surface area contributed by atoms with Crippen molar-refractivity contribution in [2.75, 3.05) is 6.54 Å². The molecule has 0 bridgehead atoms. The second kappa shape index (κ2) is 6.96. The Balaban J connectivity index is 0.00000182. The predicted octanol–water partition coefficient (Wildman–Crippen LogP) is 3.49. The minimum atomic E-state index is -0.287. The summed E-state index contributed by atoms with van der Waals surface area (Å²) in [5.41, 5.74) is 8.36. The third-order valence-electron chi connectivity index (χ3n) is 4.34. The first-order valence-electron chi connectivity index (χ1n) is 7.81. The molecule has 2 aromatic carbocycles. The molecule has 128 valence electrons. The zero-order valence-corrected chi connectivity index (χ0v) is 15.0. The number of carbonyl (C=O) groups is 2. The van der Waals surface area contributed by atoms with Crippen LogP contribution in [-0.2, 0) is 6.42 Å². The highest BCUT2D eigenvalue weighted by Gasteiger charge is 2.35. The van der Waals surface area contributed by atoms with E-state index in [4.69, 9.17) is 5.73 Å². The molecule has 4 rings (SSSR count). The van der Waals surface area contributed by atoms with E-state index >= 15 is 0 Å². The van der Waals surface area contributed by atoms with Gasteiger partial charge in [0.2, 0.25) is 0 Å². The third-order valence-corrected chi connectivity index (χ3v) is 5.35. The second-order valence-electron chi connectivity index (χ2n) is 5.99. The molecule has 2 amide bonds. The summed E-state index contributed by atoms with van der Waals surface area (Å²) in [4.78, 5) is 26.1. The van der Waals surface area contributed by atoms with Crippen molar-refractivity contribution in [1.82, 2.24) is 4.90 Å². The van der Waals surface area contributed by atoms with Crippen LogP contribution in [0.5, 0.6) is 0 Å². The van der Waals surface area contributed by atoms with E-state index in [1.807, 2.05) is 12.1 Å². The highest BCUT2D eigenvalue weighted by atomic mass is 35.5. The molecule has 25 heavy (non-hydrogen) atoms. The van der Waals surface area contributed by atoms with Gasteiger partial charge in [0.1, 0.15) is 0 Å². The van der Waals surface area contributed by atoms with Gasteiger partial charge in [0.25, 0.3) is 11.8 Å². The highest BCUT2D eigenvalue weighted by Crippen LogP contribution is 2.27. The van der Waals surface area contributed by atoms with Crippen LogP contribution in [-0.4, -0.2) is 29.3 Å². The fourth-order valence-corrected chi connectivity index (χ4v) is 4.15. The molecule has 2 N–H and O–H groups in total. The molecule has 1 aliphatic rings. The number of nitrogens with two attached hydrogens (primary N) is 1. The normalized spacial score (nSPS) is 14.5. The maximum atomic E-state index is 12.4. The van der Waals surface area contributed by atoms with Gasteiger partial charge < -0.3 is 5.73 Å². The molecule has 0 aliphatic carbocycles. The minimum absolute atomic E-state index is 0. The second-order valence-corrected chi connectivity index (χ2v) is 6.90. The molecule has 0 saturated heterocycles. The number of rotatable bonds is 4. The van der Waals surface area contributed by atoms with Gasteiger partial charge in [-0.3, -0.25) is 14.5 Å². The van der Waals surface area contributed by atoms with Crippen LogP contribution in [0.25, 0.3) is 10.1 Å². The van der Waals surface area contributed by atoms with Crippen LogP contribution >= 0.6 is 23.7 Å². The molecule has 0 fully saturated rings. The fraction of sp³-hybridized carbons (Fsp3) is 0.158. The fourth-order valence-electron chi connectivity index (χ4n) is 3.18. The smallest absolute Gasteiger partial charge is 0.261 e. The summed E-state index contributed by atoms with van der Waals surface area (Å²) in [5.74, 6) is -0.498. The van der Waals surface area contributed by atoms with E-state index in [-0.39, 0.29) is 36.8 Å². The first-order chi connectivity index (χ1) is 11.6. The third kappa shape index (κ3) is 3.06. The van der Waals surface area contributed by atoms with Gasteiger partial charge in [0.05, 0.1) is 11.1 Å². The van der Waals surface area contributed by atoms with Crippen LogP contribution in [0.1, 0.15) is 26.3 Å². The lowest BCUT2D eigenvalue weighted by Gasteiger charge is -2.19. The van der Waals surface area contributed by atoms with Crippen LogP contribution in [0.3, 0.4) is 0 Å². The number of carbonyl (C=O) groups excluding carboxylic acids is 2. The largest absolute Gasteiger partial charge is 0.326 e. The first kappa shape index (κ1) is 17.6. The number of fused-ring (bicyclic) bond motifs is 2. The molecule has 0 radical (unpaired) electrons. The maximum Gasteiger partial charge on any atom is 0.261 e. The molecule has 0 saturated carbocycles. The summed E-state index contributed by atoms with van der Waals surface area (Å²) in [6.07, 6.45) is 0.636. The van der Waals surface area contributed by atoms with E-state index in [1.54, 1.807) is 35.6 Å². The monoisotopic (exact) mass is 372 g/mol. The Bertz CT molecular complexity index is 918. The molecule has 4 nitrogen and oxygen atoms in total. The Morgan fingerprint density at radius 3 is 2.24 bits per heavy atom. The van der Waals surface area contributed by atoms with Crippen molar-refractivity contribution in [2.45, 2.75) is 12.5 Å². The van der Waals surface area contributed by atoms with Crippen molar-refractivity contribution in [3.8, 4) is 0 Å². The first-order valence-corrected chi connectivity index (χ1v) is 8.69. The molecule has 1 atom stereocenters. The Hall–Kier alpha value is -2.21. The Kier molecular flexibility index (Phi) is 4.90. The average molecular weight is 373 g/mol. The van der Waals surface area contributed by atoms with Crippen LogP contribution in [0.2, 0.25) is 0 Å². The van der Waals surface area contributed by atoms with Crippen molar-refractivity contribution >= 4 is 45.6 Å². The number of hydrogen-bond donors (Lipinski definition) is 1. The summed E-state index contributed by atoms with van der Waals surface area (Å²) in [6.45, 7) is 0.233. The lowest BCUT2D eigenvalue weighted by Crippen LogP contribution is -2.41. The number of halogens is 1. The molecule has 0 unspecified atom stereocenters. The molecule has 3 aromatic rings. The van der Waals surface area contributed by atoms with Gasteiger partial charge in [-0.05, 0) is 40.9 Å². The van der Waals surface area contributed by atoms with E-state index in [2.05, 4.69) is 17.5 Å².